The second kappa shape index (κ2) is 7.73. The lowest BCUT2D eigenvalue weighted by Gasteiger charge is -2.19. The molecular formula is C13H16N4O4. The highest BCUT2D eigenvalue weighted by Crippen LogP contribution is 2.12. The van der Waals surface area contributed by atoms with Gasteiger partial charge in [-0.2, -0.15) is 0 Å². The molecule has 0 aliphatic carbocycles. The molecule has 0 aliphatic rings. The number of pyridine rings is 1. The third kappa shape index (κ3) is 4.37. The van der Waals surface area contributed by atoms with E-state index in [-0.39, 0.29) is 5.71 Å². The molecule has 112 valence electrons. The van der Waals surface area contributed by atoms with Gasteiger partial charge in [-0.3, -0.25) is 19.9 Å². The number of rotatable bonds is 6. The number of carbonyl (C=O) groups excluding carboxylic acids is 1. The lowest BCUT2D eigenvalue weighted by Crippen LogP contribution is -2.36. The molecule has 0 radical (unpaired) electrons. The van der Waals surface area contributed by atoms with Gasteiger partial charge in [0, 0.05) is 24.6 Å². The number of oxime groups is 1. The molecule has 0 saturated carbocycles. The minimum absolute atomic E-state index is 0.283. The highest BCUT2D eigenvalue weighted by atomic mass is 16.6. The standard InChI is InChI=1S/C13H16N4O4/c1-3-16(11-5-4-8-14-9-11)13(18)12(15-19)7-6-10(2)17(20)21/h4-10,19H,3H2,1-2H3/b7-6+,15-12+. The molecule has 0 bridgehead atoms. The Balaban J connectivity index is 2.95. The van der Waals surface area contributed by atoms with E-state index in [0.717, 1.165) is 6.08 Å². The third-order valence-electron chi connectivity index (χ3n) is 2.71. The molecular weight excluding hydrogens is 276 g/mol. The van der Waals surface area contributed by atoms with Gasteiger partial charge in [0.2, 0.25) is 6.04 Å². The van der Waals surface area contributed by atoms with Crippen LogP contribution in [-0.2, 0) is 4.79 Å². The SMILES string of the molecule is CCN(C(=O)C(/C=C/C(C)[N+](=O)[O-])=N/O)c1cccnc1. The molecule has 0 aromatic carbocycles. The second-order valence-corrected chi connectivity index (χ2v) is 4.13. The molecule has 8 nitrogen and oxygen atoms in total. The van der Waals surface area contributed by atoms with Crippen molar-refractivity contribution in [3.63, 3.8) is 0 Å². The number of nitrogens with zero attached hydrogens (tertiary/aromatic N) is 4. The normalized spacial score (nSPS) is 13.1. The average Bonchev–Trinajstić information content (AvgIpc) is 2.49. The first-order chi connectivity index (χ1) is 10.0. The van der Waals surface area contributed by atoms with Gasteiger partial charge in [0.1, 0.15) is 0 Å². The Hall–Kier alpha value is -2.77. The maximum absolute atomic E-state index is 12.3. The highest BCUT2D eigenvalue weighted by Gasteiger charge is 2.20. The van der Waals surface area contributed by atoms with Crippen LogP contribution < -0.4 is 4.90 Å². The molecule has 1 unspecified atom stereocenters. The van der Waals surface area contributed by atoms with E-state index < -0.39 is 16.9 Å². The number of hydrogen-bond donors (Lipinski definition) is 1. The molecule has 1 atom stereocenters. The summed E-state index contributed by atoms with van der Waals surface area (Å²) in [5, 5.41) is 22.4. The van der Waals surface area contributed by atoms with E-state index in [2.05, 4.69) is 10.1 Å². The predicted molar refractivity (Wildman–Crippen MR) is 77.1 cm³/mol. The van der Waals surface area contributed by atoms with Crippen molar-refractivity contribution in [3.05, 3.63) is 46.8 Å². The summed E-state index contributed by atoms with van der Waals surface area (Å²) in [6.45, 7) is 3.44. The van der Waals surface area contributed by atoms with Crippen LogP contribution in [0.2, 0.25) is 0 Å². The van der Waals surface area contributed by atoms with Crippen molar-refractivity contribution in [2.75, 3.05) is 11.4 Å². The Morgan fingerprint density at radius 2 is 2.38 bits per heavy atom. The quantitative estimate of drug-likeness (QED) is 0.370. The lowest BCUT2D eigenvalue weighted by atomic mass is 10.2. The Kier molecular flexibility index (Phi) is 5.99. The molecule has 0 saturated heterocycles. The highest BCUT2D eigenvalue weighted by molar-refractivity contribution is 6.47. The summed E-state index contributed by atoms with van der Waals surface area (Å²) in [6.07, 6.45) is 5.39. The molecule has 1 heterocycles. The van der Waals surface area contributed by atoms with Crippen LogP contribution >= 0.6 is 0 Å². The van der Waals surface area contributed by atoms with Crippen LogP contribution in [0.3, 0.4) is 0 Å². The fourth-order valence-electron chi connectivity index (χ4n) is 1.54. The largest absolute Gasteiger partial charge is 0.410 e. The number of aromatic nitrogens is 1. The summed E-state index contributed by atoms with van der Waals surface area (Å²) in [4.78, 5) is 27.6. The van der Waals surface area contributed by atoms with Gasteiger partial charge < -0.3 is 10.1 Å². The molecule has 8 heteroatoms. The van der Waals surface area contributed by atoms with Crippen molar-refractivity contribution in [2.24, 2.45) is 5.16 Å². The third-order valence-corrected chi connectivity index (χ3v) is 2.71. The number of carbonyl (C=O) groups is 1. The smallest absolute Gasteiger partial charge is 0.280 e. The lowest BCUT2D eigenvalue weighted by molar-refractivity contribution is -0.504. The molecule has 1 aromatic rings. The van der Waals surface area contributed by atoms with E-state index in [1.807, 2.05) is 0 Å². The van der Waals surface area contributed by atoms with E-state index in [4.69, 9.17) is 5.21 Å². The van der Waals surface area contributed by atoms with E-state index in [9.17, 15) is 14.9 Å². The van der Waals surface area contributed by atoms with Crippen molar-refractivity contribution >= 4 is 17.3 Å². The van der Waals surface area contributed by atoms with Crippen molar-refractivity contribution in [2.45, 2.75) is 19.9 Å². The van der Waals surface area contributed by atoms with Crippen molar-refractivity contribution < 1.29 is 14.9 Å². The monoisotopic (exact) mass is 292 g/mol. The molecule has 1 aromatic heterocycles. The summed E-state index contributed by atoms with van der Waals surface area (Å²) in [5.74, 6) is -0.570. The zero-order valence-corrected chi connectivity index (χ0v) is 11.7. The van der Waals surface area contributed by atoms with E-state index >= 15 is 0 Å². The Labute approximate surface area is 121 Å². The van der Waals surface area contributed by atoms with Crippen LogP contribution in [-0.4, -0.2) is 39.3 Å². The first kappa shape index (κ1) is 16.3. The number of nitro groups is 1. The minimum Gasteiger partial charge on any atom is -0.410 e. The van der Waals surface area contributed by atoms with E-state index in [0.29, 0.717) is 12.2 Å². The summed E-state index contributed by atoms with van der Waals surface area (Å²) in [7, 11) is 0. The molecule has 21 heavy (non-hydrogen) atoms. The van der Waals surface area contributed by atoms with Gasteiger partial charge in [-0.15, -0.1) is 0 Å². The van der Waals surface area contributed by atoms with Crippen molar-refractivity contribution in [1.82, 2.24) is 4.98 Å². The predicted octanol–water partition coefficient (Wildman–Crippen LogP) is 1.49. The van der Waals surface area contributed by atoms with Crippen LogP contribution in [0.1, 0.15) is 13.8 Å². The minimum atomic E-state index is -0.983. The summed E-state index contributed by atoms with van der Waals surface area (Å²) < 4.78 is 0. The van der Waals surface area contributed by atoms with Crippen LogP contribution in [0.4, 0.5) is 5.69 Å². The van der Waals surface area contributed by atoms with Crippen LogP contribution in [0.15, 0.2) is 41.8 Å². The van der Waals surface area contributed by atoms with Gasteiger partial charge in [-0.1, -0.05) is 5.16 Å². The zero-order valence-electron chi connectivity index (χ0n) is 11.7. The molecule has 1 amide bonds. The zero-order chi connectivity index (χ0) is 15.8. The Morgan fingerprint density at radius 1 is 1.67 bits per heavy atom. The fraction of sp³-hybridized carbons (Fsp3) is 0.308. The summed E-state index contributed by atoms with van der Waals surface area (Å²) in [6, 6.07) is 2.38. The number of hydrogen-bond acceptors (Lipinski definition) is 6. The van der Waals surface area contributed by atoms with Gasteiger partial charge in [0.05, 0.1) is 11.9 Å². The van der Waals surface area contributed by atoms with E-state index in [1.165, 1.54) is 24.1 Å². The van der Waals surface area contributed by atoms with Gasteiger partial charge in [-0.05, 0) is 31.2 Å². The van der Waals surface area contributed by atoms with Crippen LogP contribution in [0.5, 0.6) is 0 Å². The van der Waals surface area contributed by atoms with Crippen molar-refractivity contribution in [1.29, 1.82) is 0 Å². The fourth-order valence-corrected chi connectivity index (χ4v) is 1.54. The van der Waals surface area contributed by atoms with Gasteiger partial charge in [0.15, 0.2) is 5.71 Å². The molecule has 1 N–H and O–H groups in total. The number of amides is 1. The average molecular weight is 292 g/mol. The second-order valence-electron chi connectivity index (χ2n) is 4.13. The van der Waals surface area contributed by atoms with Crippen LogP contribution in [0, 0.1) is 10.1 Å². The first-order valence-corrected chi connectivity index (χ1v) is 6.26. The topological polar surface area (TPSA) is 109 Å². The molecule has 1 rings (SSSR count). The van der Waals surface area contributed by atoms with Crippen molar-refractivity contribution in [3.8, 4) is 0 Å². The summed E-state index contributed by atoms with van der Waals surface area (Å²) >= 11 is 0. The maximum atomic E-state index is 12.3. The molecule has 0 spiro atoms. The van der Waals surface area contributed by atoms with Crippen LogP contribution in [0.25, 0.3) is 0 Å². The molecule has 0 aliphatic heterocycles. The number of anilines is 1. The van der Waals surface area contributed by atoms with Gasteiger partial charge in [-0.25, -0.2) is 0 Å². The van der Waals surface area contributed by atoms with Gasteiger partial charge in [0.25, 0.3) is 5.91 Å². The first-order valence-electron chi connectivity index (χ1n) is 6.26. The summed E-state index contributed by atoms with van der Waals surface area (Å²) in [5.41, 5.74) is 0.260. The maximum Gasteiger partial charge on any atom is 0.280 e. The molecule has 0 fully saturated rings. The van der Waals surface area contributed by atoms with Gasteiger partial charge >= 0.3 is 0 Å². The van der Waals surface area contributed by atoms with E-state index in [1.54, 1.807) is 25.3 Å². The Bertz CT molecular complexity index is 557. The Morgan fingerprint density at radius 3 is 2.86 bits per heavy atom.